The monoisotopic (exact) mass is 243 g/mol. The van der Waals surface area contributed by atoms with E-state index in [4.69, 9.17) is 17.3 Å². The molecule has 0 aliphatic rings. The molecule has 1 heterocycles. The number of hydrogen-bond acceptors (Lipinski definition) is 5. The minimum Gasteiger partial charge on any atom is -0.394 e. The number of rotatable bonds is 4. The van der Waals surface area contributed by atoms with Crippen LogP contribution in [0.25, 0.3) is 0 Å². The summed E-state index contributed by atoms with van der Waals surface area (Å²) in [6, 6.07) is 0. The first-order chi connectivity index (χ1) is 7.54. The summed E-state index contributed by atoms with van der Waals surface area (Å²) in [6.07, 6.45) is 0.344. The van der Waals surface area contributed by atoms with Crippen molar-refractivity contribution in [2.75, 3.05) is 24.6 Å². The van der Waals surface area contributed by atoms with Crippen LogP contribution in [0.15, 0.2) is 0 Å². The van der Waals surface area contributed by atoms with Gasteiger partial charge < -0.3 is 16.4 Å². The Morgan fingerprint density at radius 3 is 2.81 bits per heavy atom. The van der Waals surface area contributed by atoms with Crippen LogP contribution in [0.2, 0.25) is 5.28 Å². The van der Waals surface area contributed by atoms with Gasteiger partial charge in [-0.15, -0.1) is 0 Å². The molecule has 0 aliphatic carbocycles. The smallest absolute Gasteiger partial charge is 0.224 e. The molecule has 0 bridgehead atoms. The molecular weight excluding hydrogens is 230 g/mol. The van der Waals surface area contributed by atoms with E-state index in [0.29, 0.717) is 30.2 Å². The Morgan fingerprint density at radius 1 is 1.50 bits per heavy atom. The van der Waals surface area contributed by atoms with Crippen LogP contribution in [-0.4, -0.2) is 29.5 Å². The highest BCUT2D eigenvalue weighted by atomic mass is 35.5. The average molecular weight is 244 g/mol. The number of hydrogen-bond donors (Lipinski definition) is 3. The number of carbonyl (C=O) groups excluding carboxylic acids is 1. The van der Waals surface area contributed by atoms with Crippen molar-refractivity contribution >= 4 is 29.0 Å². The molecule has 0 saturated carbocycles. The molecule has 1 aromatic heterocycles. The third-order valence-electron chi connectivity index (χ3n) is 2.03. The van der Waals surface area contributed by atoms with Crippen molar-refractivity contribution in [3.05, 3.63) is 11.0 Å². The van der Waals surface area contributed by atoms with E-state index in [9.17, 15) is 4.79 Å². The van der Waals surface area contributed by atoms with E-state index in [1.54, 1.807) is 14.0 Å². The van der Waals surface area contributed by atoms with Crippen molar-refractivity contribution in [1.29, 1.82) is 0 Å². The van der Waals surface area contributed by atoms with Crippen LogP contribution in [-0.2, 0) is 4.79 Å². The number of amides is 1. The molecule has 1 rings (SSSR count). The van der Waals surface area contributed by atoms with Gasteiger partial charge in [-0.1, -0.05) is 0 Å². The Bertz CT molecular complexity index is 396. The molecule has 0 aliphatic heterocycles. The van der Waals surface area contributed by atoms with Crippen LogP contribution in [0.1, 0.15) is 12.1 Å². The van der Waals surface area contributed by atoms with Gasteiger partial charge in [-0.2, -0.15) is 4.98 Å². The minimum absolute atomic E-state index is 0.0528. The molecule has 16 heavy (non-hydrogen) atoms. The molecule has 0 unspecified atom stereocenters. The van der Waals surface area contributed by atoms with Gasteiger partial charge in [0, 0.05) is 20.0 Å². The van der Waals surface area contributed by atoms with Crippen molar-refractivity contribution in [3.8, 4) is 0 Å². The Labute approximate surface area is 98.6 Å². The van der Waals surface area contributed by atoms with Gasteiger partial charge >= 0.3 is 0 Å². The normalized spacial score (nSPS) is 9.94. The predicted molar refractivity (Wildman–Crippen MR) is 63.4 cm³/mol. The first-order valence-corrected chi connectivity index (χ1v) is 5.16. The maximum atomic E-state index is 11.0. The summed E-state index contributed by atoms with van der Waals surface area (Å²) < 4.78 is 0. The quantitative estimate of drug-likeness (QED) is 0.673. The number of nitrogens with zero attached hydrogens (tertiary/aromatic N) is 2. The lowest BCUT2D eigenvalue weighted by atomic mass is 10.3. The third kappa shape index (κ3) is 3.23. The highest BCUT2D eigenvalue weighted by Crippen LogP contribution is 2.20. The number of anilines is 2. The fourth-order valence-corrected chi connectivity index (χ4v) is 1.31. The lowest BCUT2D eigenvalue weighted by Gasteiger charge is -2.09. The first-order valence-electron chi connectivity index (χ1n) is 4.78. The SMILES string of the molecule is CNC(=O)CCNc1nc(Cl)nc(C)c1N. The fraction of sp³-hybridized carbons (Fsp3) is 0.444. The summed E-state index contributed by atoms with van der Waals surface area (Å²) in [5.74, 6) is 0.407. The number of carbonyl (C=O) groups is 1. The maximum Gasteiger partial charge on any atom is 0.224 e. The number of halogens is 1. The Morgan fingerprint density at radius 2 is 2.19 bits per heavy atom. The van der Waals surface area contributed by atoms with Gasteiger partial charge in [-0.25, -0.2) is 4.98 Å². The van der Waals surface area contributed by atoms with E-state index in [1.165, 1.54) is 0 Å². The molecular formula is C9H14ClN5O. The van der Waals surface area contributed by atoms with Crippen molar-refractivity contribution in [1.82, 2.24) is 15.3 Å². The molecule has 7 heteroatoms. The molecule has 0 saturated heterocycles. The Hall–Kier alpha value is -1.56. The lowest BCUT2D eigenvalue weighted by Crippen LogP contribution is -2.21. The zero-order chi connectivity index (χ0) is 12.1. The van der Waals surface area contributed by atoms with Crippen LogP contribution in [0, 0.1) is 6.92 Å². The van der Waals surface area contributed by atoms with Gasteiger partial charge in [0.15, 0.2) is 5.82 Å². The molecule has 1 amide bonds. The van der Waals surface area contributed by atoms with Crippen LogP contribution >= 0.6 is 11.6 Å². The second kappa shape index (κ2) is 5.50. The molecule has 6 nitrogen and oxygen atoms in total. The molecule has 1 aromatic rings. The second-order valence-electron chi connectivity index (χ2n) is 3.19. The van der Waals surface area contributed by atoms with Gasteiger partial charge in [0.2, 0.25) is 11.2 Å². The maximum absolute atomic E-state index is 11.0. The zero-order valence-corrected chi connectivity index (χ0v) is 9.93. The van der Waals surface area contributed by atoms with Gasteiger partial charge in [0.1, 0.15) is 0 Å². The number of nitrogen functional groups attached to an aromatic ring is 1. The standard InChI is InChI=1S/C9H14ClN5O/c1-5-7(11)8(15-9(10)14-5)13-4-3-6(16)12-2/h3-4,11H2,1-2H3,(H,12,16)(H,13,14,15). The summed E-state index contributed by atoms with van der Waals surface area (Å²) >= 11 is 5.69. The van der Waals surface area contributed by atoms with E-state index >= 15 is 0 Å². The highest BCUT2D eigenvalue weighted by molar-refractivity contribution is 6.28. The molecule has 0 spiro atoms. The largest absolute Gasteiger partial charge is 0.394 e. The van der Waals surface area contributed by atoms with Gasteiger partial charge in [0.05, 0.1) is 11.4 Å². The summed E-state index contributed by atoms with van der Waals surface area (Å²) in [5.41, 5.74) is 6.81. The van der Waals surface area contributed by atoms with Crippen molar-refractivity contribution < 1.29 is 4.79 Å². The number of nitrogens with one attached hydrogen (secondary N) is 2. The molecule has 0 atom stereocenters. The number of aromatic nitrogens is 2. The van der Waals surface area contributed by atoms with Gasteiger partial charge in [-0.05, 0) is 18.5 Å². The Balaban J connectivity index is 2.63. The van der Waals surface area contributed by atoms with E-state index in [0.717, 1.165) is 0 Å². The van der Waals surface area contributed by atoms with E-state index in [2.05, 4.69) is 20.6 Å². The minimum atomic E-state index is -0.0528. The predicted octanol–water partition coefficient (Wildman–Crippen LogP) is 0.569. The van der Waals surface area contributed by atoms with Gasteiger partial charge in [0.25, 0.3) is 0 Å². The van der Waals surface area contributed by atoms with Crippen LogP contribution in [0.5, 0.6) is 0 Å². The molecule has 0 fully saturated rings. The molecule has 0 radical (unpaired) electrons. The topological polar surface area (TPSA) is 92.9 Å². The van der Waals surface area contributed by atoms with Gasteiger partial charge in [-0.3, -0.25) is 4.79 Å². The zero-order valence-electron chi connectivity index (χ0n) is 9.17. The van der Waals surface area contributed by atoms with Crippen molar-refractivity contribution in [2.45, 2.75) is 13.3 Å². The summed E-state index contributed by atoms with van der Waals surface area (Å²) in [7, 11) is 1.59. The summed E-state index contributed by atoms with van der Waals surface area (Å²) in [6.45, 7) is 2.18. The van der Waals surface area contributed by atoms with E-state index in [1.807, 2.05) is 0 Å². The van der Waals surface area contributed by atoms with Crippen LogP contribution in [0.3, 0.4) is 0 Å². The van der Waals surface area contributed by atoms with E-state index < -0.39 is 0 Å². The second-order valence-corrected chi connectivity index (χ2v) is 3.53. The fourth-order valence-electron chi connectivity index (χ4n) is 1.10. The van der Waals surface area contributed by atoms with E-state index in [-0.39, 0.29) is 11.2 Å². The van der Waals surface area contributed by atoms with Crippen molar-refractivity contribution in [3.63, 3.8) is 0 Å². The molecule has 4 N–H and O–H groups in total. The van der Waals surface area contributed by atoms with Crippen LogP contribution < -0.4 is 16.4 Å². The van der Waals surface area contributed by atoms with Crippen molar-refractivity contribution in [2.24, 2.45) is 0 Å². The first kappa shape index (κ1) is 12.5. The lowest BCUT2D eigenvalue weighted by molar-refractivity contribution is -0.120. The number of nitrogens with two attached hydrogens (primary N) is 1. The third-order valence-corrected chi connectivity index (χ3v) is 2.20. The molecule has 0 aromatic carbocycles. The average Bonchev–Trinajstić information content (AvgIpc) is 2.24. The Kier molecular flexibility index (Phi) is 4.30. The van der Waals surface area contributed by atoms with Crippen LogP contribution in [0.4, 0.5) is 11.5 Å². The summed E-state index contributed by atoms with van der Waals surface area (Å²) in [5, 5.41) is 5.59. The number of aryl methyl sites for hydroxylation is 1. The highest BCUT2D eigenvalue weighted by Gasteiger charge is 2.07. The summed E-state index contributed by atoms with van der Waals surface area (Å²) in [4.78, 5) is 18.8. The molecule has 88 valence electrons.